The summed E-state index contributed by atoms with van der Waals surface area (Å²) in [7, 11) is -3.08. The predicted molar refractivity (Wildman–Crippen MR) is 96.1 cm³/mol. The van der Waals surface area contributed by atoms with Crippen molar-refractivity contribution in [3.8, 4) is 11.5 Å². The molecule has 7 nitrogen and oxygen atoms in total. The molecule has 3 heterocycles. The molecule has 0 aliphatic carbocycles. The maximum atomic E-state index is 12.1. The summed E-state index contributed by atoms with van der Waals surface area (Å²) < 4.78 is 34.9. The fourth-order valence-electron chi connectivity index (χ4n) is 3.12. The molecule has 0 saturated carbocycles. The molecule has 4 rings (SSSR count). The molecular formula is C16H18N2O5S2. The number of rotatable bonds is 2. The van der Waals surface area contributed by atoms with Gasteiger partial charge in [0, 0.05) is 22.9 Å². The van der Waals surface area contributed by atoms with Crippen molar-refractivity contribution < 1.29 is 22.7 Å². The van der Waals surface area contributed by atoms with Crippen LogP contribution in [0.3, 0.4) is 0 Å². The minimum Gasteiger partial charge on any atom is -0.454 e. The Morgan fingerprint density at radius 2 is 2.04 bits per heavy atom. The predicted octanol–water partition coefficient (Wildman–Crippen LogP) is 1.67. The zero-order valence-corrected chi connectivity index (χ0v) is 15.5. The smallest absolute Gasteiger partial charge is 0.250 e. The molecule has 1 aromatic carbocycles. The molecule has 2 fully saturated rings. The number of aliphatic imine (C=N–C) groups is 1. The van der Waals surface area contributed by atoms with E-state index in [-0.39, 0.29) is 41.4 Å². The summed E-state index contributed by atoms with van der Waals surface area (Å²) in [6, 6.07) is 5.22. The van der Waals surface area contributed by atoms with Gasteiger partial charge in [0.1, 0.15) is 0 Å². The quantitative estimate of drug-likeness (QED) is 0.769. The Morgan fingerprint density at radius 1 is 1.28 bits per heavy atom. The largest absolute Gasteiger partial charge is 0.454 e. The molecule has 0 unspecified atom stereocenters. The molecule has 25 heavy (non-hydrogen) atoms. The van der Waals surface area contributed by atoms with Crippen molar-refractivity contribution in [1.29, 1.82) is 0 Å². The van der Waals surface area contributed by atoms with Crippen molar-refractivity contribution in [3.63, 3.8) is 0 Å². The first kappa shape index (κ1) is 16.7. The average Bonchev–Trinajstić information content (AvgIpc) is 3.18. The summed E-state index contributed by atoms with van der Waals surface area (Å²) in [5.41, 5.74) is 0.761. The van der Waals surface area contributed by atoms with Crippen LogP contribution in [0.5, 0.6) is 11.5 Å². The van der Waals surface area contributed by atoms with E-state index in [0.29, 0.717) is 16.7 Å². The van der Waals surface area contributed by atoms with Gasteiger partial charge < -0.3 is 14.4 Å². The molecule has 1 aromatic rings. The third-order valence-corrected chi connectivity index (χ3v) is 7.61. The summed E-state index contributed by atoms with van der Waals surface area (Å²) >= 11 is 1.37. The number of fused-ring (bicyclic) bond motifs is 2. The van der Waals surface area contributed by atoms with Crippen LogP contribution in [0, 0.1) is 5.92 Å². The summed E-state index contributed by atoms with van der Waals surface area (Å²) in [4.78, 5) is 18.2. The second kappa shape index (κ2) is 5.91. The molecule has 0 bridgehead atoms. The van der Waals surface area contributed by atoms with Crippen LogP contribution in [-0.2, 0) is 14.6 Å². The Hall–Kier alpha value is -1.74. The standard InChI is InChI=1S/C16H18N2O5S2/c1-9(2)15(19)17-16-18(11-6-25(20,21)7-14(11)24-16)10-3-4-12-13(5-10)23-8-22-12/h3-5,9,11,14H,6-8H2,1-2H3/t11-,14-/m0/s1. The lowest BCUT2D eigenvalue weighted by atomic mass is 10.2. The molecule has 0 radical (unpaired) electrons. The molecule has 2 saturated heterocycles. The molecule has 3 aliphatic heterocycles. The number of anilines is 1. The van der Waals surface area contributed by atoms with E-state index in [1.807, 2.05) is 17.0 Å². The normalized spacial score (nSPS) is 28.0. The number of ether oxygens (including phenoxy) is 2. The molecule has 9 heteroatoms. The number of amidine groups is 1. The van der Waals surface area contributed by atoms with Crippen LogP contribution in [-0.4, -0.2) is 49.1 Å². The highest BCUT2D eigenvalue weighted by Crippen LogP contribution is 2.43. The Balaban J connectivity index is 1.75. The SMILES string of the molecule is CC(C)C(=O)N=C1S[C@H]2CS(=O)(=O)C[C@@H]2N1c1ccc2c(c1)OCO2. The maximum Gasteiger partial charge on any atom is 0.250 e. The second-order valence-electron chi connectivity index (χ2n) is 6.60. The van der Waals surface area contributed by atoms with Crippen molar-refractivity contribution in [1.82, 2.24) is 0 Å². The van der Waals surface area contributed by atoms with E-state index < -0.39 is 9.84 Å². The maximum absolute atomic E-state index is 12.1. The lowest BCUT2D eigenvalue weighted by Gasteiger charge is -2.24. The highest BCUT2D eigenvalue weighted by atomic mass is 32.2. The fraction of sp³-hybridized carbons (Fsp3) is 0.500. The van der Waals surface area contributed by atoms with E-state index in [2.05, 4.69) is 4.99 Å². The number of benzene rings is 1. The van der Waals surface area contributed by atoms with Gasteiger partial charge in [-0.2, -0.15) is 4.99 Å². The fourth-order valence-corrected chi connectivity index (χ4v) is 7.04. The van der Waals surface area contributed by atoms with Gasteiger partial charge in [-0.1, -0.05) is 25.6 Å². The topological polar surface area (TPSA) is 85.3 Å². The molecular weight excluding hydrogens is 364 g/mol. The number of sulfone groups is 1. The summed E-state index contributed by atoms with van der Waals surface area (Å²) in [5, 5.41) is 0.441. The van der Waals surface area contributed by atoms with Gasteiger partial charge in [0.2, 0.25) is 6.79 Å². The molecule has 0 N–H and O–H groups in total. The van der Waals surface area contributed by atoms with E-state index in [9.17, 15) is 13.2 Å². The number of nitrogens with zero attached hydrogens (tertiary/aromatic N) is 2. The summed E-state index contributed by atoms with van der Waals surface area (Å²) in [5.74, 6) is 1.02. The van der Waals surface area contributed by atoms with Crippen molar-refractivity contribution in [3.05, 3.63) is 18.2 Å². The van der Waals surface area contributed by atoms with Gasteiger partial charge in [0.25, 0.3) is 5.91 Å². The number of thioether (sulfide) groups is 1. The molecule has 1 amide bonds. The number of hydrogen-bond donors (Lipinski definition) is 0. The number of carbonyl (C=O) groups is 1. The monoisotopic (exact) mass is 382 g/mol. The van der Waals surface area contributed by atoms with Gasteiger partial charge in [-0.3, -0.25) is 4.79 Å². The Bertz CT molecular complexity index is 865. The van der Waals surface area contributed by atoms with Crippen molar-refractivity contribution >= 4 is 38.4 Å². The van der Waals surface area contributed by atoms with Crippen molar-refractivity contribution in [2.24, 2.45) is 10.9 Å². The average molecular weight is 382 g/mol. The molecule has 0 spiro atoms. The Kier molecular flexibility index (Phi) is 3.95. The number of hydrogen-bond acceptors (Lipinski definition) is 6. The zero-order valence-electron chi connectivity index (χ0n) is 13.8. The van der Waals surface area contributed by atoms with E-state index >= 15 is 0 Å². The van der Waals surface area contributed by atoms with E-state index in [1.54, 1.807) is 19.9 Å². The minimum absolute atomic E-state index is 0.0635. The highest BCUT2D eigenvalue weighted by molar-refractivity contribution is 8.16. The van der Waals surface area contributed by atoms with E-state index in [0.717, 1.165) is 5.69 Å². The zero-order chi connectivity index (χ0) is 17.8. The molecule has 3 aliphatic rings. The highest BCUT2D eigenvalue weighted by Gasteiger charge is 2.49. The van der Waals surface area contributed by atoms with E-state index in [1.165, 1.54) is 11.8 Å². The van der Waals surface area contributed by atoms with Crippen LogP contribution < -0.4 is 14.4 Å². The molecule has 134 valence electrons. The van der Waals surface area contributed by atoms with Crippen molar-refractivity contribution in [2.75, 3.05) is 23.2 Å². The minimum atomic E-state index is -3.08. The van der Waals surface area contributed by atoms with Gasteiger partial charge in [-0.15, -0.1) is 0 Å². The van der Waals surface area contributed by atoms with Crippen molar-refractivity contribution in [2.45, 2.75) is 25.1 Å². The van der Waals surface area contributed by atoms with Crippen LogP contribution in [0.25, 0.3) is 0 Å². The van der Waals surface area contributed by atoms with Crippen LogP contribution in [0.4, 0.5) is 5.69 Å². The van der Waals surface area contributed by atoms with Gasteiger partial charge in [-0.25, -0.2) is 8.42 Å². The van der Waals surface area contributed by atoms with Crippen LogP contribution in [0.1, 0.15) is 13.8 Å². The third-order valence-electron chi connectivity index (χ3n) is 4.40. The van der Waals surface area contributed by atoms with Gasteiger partial charge >= 0.3 is 0 Å². The van der Waals surface area contributed by atoms with Gasteiger partial charge in [0.15, 0.2) is 26.5 Å². The summed E-state index contributed by atoms with van der Waals surface area (Å²) in [6.07, 6.45) is 0. The van der Waals surface area contributed by atoms with Crippen LogP contribution >= 0.6 is 11.8 Å². The number of amides is 1. The first-order valence-corrected chi connectivity index (χ1v) is 10.7. The van der Waals surface area contributed by atoms with Crippen LogP contribution in [0.15, 0.2) is 23.2 Å². The lowest BCUT2D eigenvalue weighted by Crippen LogP contribution is -2.37. The molecule has 0 aromatic heterocycles. The second-order valence-corrected chi connectivity index (χ2v) is 9.96. The van der Waals surface area contributed by atoms with E-state index in [4.69, 9.17) is 9.47 Å². The van der Waals surface area contributed by atoms with Crippen LogP contribution in [0.2, 0.25) is 0 Å². The summed E-state index contributed by atoms with van der Waals surface area (Å²) in [6.45, 7) is 3.76. The lowest BCUT2D eigenvalue weighted by molar-refractivity contribution is -0.120. The number of carbonyl (C=O) groups excluding carboxylic acids is 1. The first-order valence-electron chi connectivity index (χ1n) is 8.02. The van der Waals surface area contributed by atoms with Gasteiger partial charge in [0.05, 0.1) is 17.5 Å². The van der Waals surface area contributed by atoms with Gasteiger partial charge in [-0.05, 0) is 12.1 Å². The Labute approximate surface area is 150 Å². The molecule has 2 atom stereocenters. The first-order chi connectivity index (χ1) is 11.8. The third kappa shape index (κ3) is 2.99. The Morgan fingerprint density at radius 3 is 2.80 bits per heavy atom.